The van der Waals surface area contributed by atoms with Crippen LogP contribution in [0, 0.1) is 41.4 Å². The van der Waals surface area contributed by atoms with Crippen molar-refractivity contribution in [2.24, 2.45) is 35.0 Å². The maximum atomic E-state index is 2.68. The van der Waals surface area contributed by atoms with E-state index < -0.39 is 0 Å². The van der Waals surface area contributed by atoms with Crippen molar-refractivity contribution in [3.63, 3.8) is 0 Å². The number of fused-ring (bicyclic) bond motifs is 5. The van der Waals surface area contributed by atoms with Gasteiger partial charge in [0.25, 0.3) is 0 Å². The van der Waals surface area contributed by atoms with Gasteiger partial charge in [-0.15, -0.1) is 0 Å². The molecule has 0 aliphatic heterocycles. The second-order valence-electron chi connectivity index (χ2n) is 7.70. The Kier molecular flexibility index (Phi) is 3.96. The van der Waals surface area contributed by atoms with Crippen LogP contribution in [-0.4, -0.2) is 0 Å². The van der Waals surface area contributed by atoms with Gasteiger partial charge in [0.05, 0.1) is 0 Å². The maximum Gasteiger partial charge on any atom is 1.00 e. The van der Waals surface area contributed by atoms with Crippen LogP contribution < -0.4 is 18.9 Å². The molecular formula is C18H27Li. The van der Waals surface area contributed by atoms with E-state index in [2.05, 4.69) is 25.5 Å². The normalized spacial score (nSPS) is 51.7. The van der Waals surface area contributed by atoms with Crippen LogP contribution in [0.25, 0.3) is 0 Å². The van der Waals surface area contributed by atoms with Gasteiger partial charge in [0.2, 0.25) is 0 Å². The van der Waals surface area contributed by atoms with Crippen LogP contribution in [0.3, 0.4) is 0 Å². The number of allylic oxidation sites excluding steroid dienone is 2. The second-order valence-corrected chi connectivity index (χ2v) is 7.70. The fourth-order valence-corrected chi connectivity index (χ4v) is 6.16. The van der Waals surface area contributed by atoms with E-state index in [9.17, 15) is 0 Å². The molecule has 4 rings (SSSR count). The Morgan fingerprint density at radius 1 is 0.947 bits per heavy atom. The van der Waals surface area contributed by atoms with E-state index in [1.165, 1.54) is 44.9 Å². The molecule has 19 heavy (non-hydrogen) atoms. The third-order valence-electron chi connectivity index (χ3n) is 7.06. The van der Waals surface area contributed by atoms with Crippen LogP contribution in [0.5, 0.6) is 0 Å². The summed E-state index contributed by atoms with van der Waals surface area (Å²) in [4.78, 5) is 0. The van der Waals surface area contributed by atoms with Crippen molar-refractivity contribution in [3.05, 3.63) is 18.6 Å². The molecule has 0 aromatic heterocycles. The molecular weight excluding hydrogens is 223 g/mol. The summed E-state index contributed by atoms with van der Waals surface area (Å²) in [6.07, 6.45) is 19.4. The van der Waals surface area contributed by atoms with E-state index in [1.807, 2.05) is 0 Å². The molecule has 3 saturated carbocycles. The molecule has 0 spiro atoms. The zero-order valence-corrected chi connectivity index (χ0v) is 12.8. The first-order valence-corrected chi connectivity index (χ1v) is 8.27. The molecule has 0 N–H and O–H groups in total. The predicted octanol–water partition coefficient (Wildman–Crippen LogP) is 2.01. The molecule has 0 amide bonds. The van der Waals surface area contributed by atoms with E-state index in [1.54, 1.807) is 6.42 Å². The maximum absolute atomic E-state index is 2.68. The van der Waals surface area contributed by atoms with Gasteiger partial charge in [0.1, 0.15) is 0 Å². The smallest absolute Gasteiger partial charge is 0.322 e. The van der Waals surface area contributed by atoms with E-state index >= 15 is 0 Å². The Morgan fingerprint density at radius 2 is 1.79 bits per heavy atom. The van der Waals surface area contributed by atoms with E-state index in [0.29, 0.717) is 5.41 Å². The Balaban J connectivity index is 0.00000110. The van der Waals surface area contributed by atoms with Gasteiger partial charge in [-0.1, -0.05) is 44.3 Å². The fourth-order valence-electron chi connectivity index (χ4n) is 6.16. The molecule has 3 fully saturated rings. The van der Waals surface area contributed by atoms with Crippen molar-refractivity contribution in [1.29, 1.82) is 0 Å². The molecule has 4 aliphatic carbocycles. The summed E-state index contributed by atoms with van der Waals surface area (Å²) in [7, 11) is 0. The van der Waals surface area contributed by atoms with Gasteiger partial charge in [-0.05, 0) is 49.4 Å². The first kappa shape index (κ1) is 14.3. The standard InChI is InChI=1S/C18H27.Li/c1-18-11-4-7-17(18)16-9-8-13-5-2-3-6-14(13)15(16)10-12-18;/h2-3,11,13-17H,4-10,12H2,1H3;/q-1;+1/t13?,14-,15+,16+,17-,18-;/m0./s1. The van der Waals surface area contributed by atoms with Crippen molar-refractivity contribution < 1.29 is 18.9 Å². The van der Waals surface area contributed by atoms with Crippen molar-refractivity contribution in [1.82, 2.24) is 0 Å². The molecule has 0 bridgehead atoms. The van der Waals surface area contributed by atoms with E-state index in [4.69, 9.17) is 0 Å². The molecule has 0 saturated heterocycles. The molecule has 100 valence electrons. The van der Waals surface area contributed by atoms with Crippen LogP contribution in [0.15, 0.2) is 12.2 Å². The molecule has 1 unspecified atom stereocenters. The largest absolute Gasteiger partial charge is 1.00 e. The molecule has 6 atom stereocenters. The summed E-state index contributed by atoms with van der Waals surface area (Å²) in [5.41, 5.74) is 0.624. The monoisotopic (exact) mass is 250 g/mol. The van der Waals surface area contributed by atoms with Crippen molar-refractivity contribution >= 4 is 0 Å². The minimum atomic E-state index is 0. The molecule has 0 aromatic rings. The summed E-state index contributed by atoms with van der Waals surface area (Å²) < 4.78 is 0. The first-order valence-electron chi connectivity index (χ1n) is 8.27. The van der Waals surface area contributed by atoms with Crippen LogP contribution in [0.2, 0.25) is 0 Å². The first-order chi connectivity index (χ1) is 8.78. The minimum absolute atomic E-state index is 0. The average Bonchev–Trinajstić information content (AvgIpc) is 2.80. The predicted molar refractivity (Wildman–Crippen MR) is 75.9 cm³/mol. The van der Waals surface area contributed by atoms with Gasteiger partial charge >= 0.3 is 18.9 Å². The fraction of sp³-hybridized carbons (Fsp3) is 0.833. The molecule has 0 nitrogen and oxygen atoms in total. The third-order valence-corrected chi connectivity index (χ3v) is 7.06. The van der Waals surface area contributed by atoms with Crippen molar-refractivity contribution in [2.45, 2.75) is 58.3 Å². The number of hydrogen-bond donors (Lipinski definition) is 0. The summed E-state index contributed by atoms with van der Waals surface area (Å²) in [6, 6.07) is 0. The van der Waals surface area contributed by atoms with Gasteiger partial charge in [0.15, 0.2) is 0 Å². The summed E-state index contributed by atoms with van der Waals surface area (Å²) in [5.74, 6) is 5.31. The summed E-state index contributed by atoms with van der Waals surface area (Å²) in [6.45, 7) is 2.56. The van der Waals surface area contributed by atoms with Gasteiger partial charge in [-0.2, -0.15) is 11.8 Å². The van der Waals surface area contributed by atoms with Crippen LogP contribution in [0.4, 0.5) is 0 Å². The quantitative estimate of drug-likeness (QED) is 0.350. The zero-order valence-electron chi connectivity index (χ0n) is 12.8. The molecule has 0 radical (unpaired) electrons. The third kappa shape index (κ3) is 2.18. The van der Waals surface area contributed by atoms with Gasteiger partial charge in [-0.3, -0.25) is 0 Å². The number of rotatable bonds is 0. The Morgan fingerprint density at radius 3 is 2.68 bits per heavy atom. The Hall–Kier alpha value is 0.337. The summed E-state index contributed by atoms with van der Waals surface area (Å²) in [5, 5.41) is 0. The molecule has 4 aliphatic rings. The van der Waals surface area contributed by atoms with Gasteiger partial charge in [-0.25, -0.2) is 0 Å². The summed E-state index contributed by atoms with van der Waals surface area (Å²) >= 11 is 0. The zero-order chi connectivity index (χ0) is 12.2. The topological polar surface area (TPSA) is 0 Å². The van der Waals surface area contributed by atoms with Crippen molar-refractivity contribution in [3.8, 4) is 0 Å². The Bertz CT molecular complexity index is 361. The van der Waals surface area contributed by atoms with Crippen LogP contribution >= 0.6 is 0 Å². The Labute approximate surface area is 131 Å². The van der Waals surface area contributed by atoms with Gasteiger partial charge < -0.3 is 6.42 Å². The molecule has 0 aromatic carbocycles. The SMILES string of the molecule is C[C@@]12[CH-]CC[C@H]1[C@@H]1CCC3CC=CC[C@@H]3[C@H]1CC2.[Li+]. The van der Waals surface area contributed by atoms with Gasteiger partial charge in [0, 0.05) is 0 Å². The van der Waals surface area contributed by atoms with Crippen molar-refractivity contribution in [2.75, 3.05) is 0 Å². The average molecular weight is 250 g/mol. The van der Waals surface area contributed by atoms with E-state index in [-0.39, 0.29) is 18.9 Å². The van der Waals surface area contributed by atoms with Crippen LogP contribution in [0.1, 0.15) is 58.3 Å². The number of hydrogen-bond acceptors (Lipinski definition) is 0. The minimum Gasteiger partial charge on any atom is -0.322 e. The van der Waals surface area contributed by atoms with Crippen LogP contribution in [-0.2, 0) is 0 Å². The second kappa shape index (κ2) is 5.27. The van der Waals surface area contributed by atoms with E-state index in [0.717, 1.165) is 29.6 Å². The molecule has 0 heterocycles. The molecule has 1 heteroatoms.